The average molecular weight is 1210 g/mol. The number of allylic oxidation sites excluding steroid dienone is 10. The van der Waals surface area contributed by atoms with Crippen LogP contribution >= 0.6 is 0 Å². The first-order valence-electron chi connectivity index (χ1n) is 36.9. The summed E-state index contributed by atoms with van der Waals surface area (Å²) in [5.41, 5.74) is 0. The Kier molecular flexibility index (Phi) is 65.5. The number of quaternary nitrogens is 1. The van der Waals surface area contributed by atoms with E-state index in [1.54, 1.807) is 0 Å². The van der Waals surface area contributed by atoms with Gasteiger partial charge < -0.3 is 33.3 Å². The van der Waals surface area contributed by atoms with Gasteiger partial charge in [-0.2, -0.15) is 0 Å². The minimum atomic E-state index is -1.62. The van der Waals surface area contributed by atoms with Gasteiger partial charge in [0.2, 0.25) is 0 Å². The van der Waals surface area contributed by atoms with Gasteiger partial charge in [-0.15, -0.1) is 0 Å². The summed E-state index contributed by atoms with van der Waals surface area (Å²) < 4.78 is 22.8. The number of aliphatic carboxylic acids is 1. The summed E-state index contributed by atoms with van der Waals surface area (Å²) in [4.78, 5) is 37.5. The average Bonchev–Trinajstić information content (AvgIpc) is 3.64. The van der Waals surface area contributed by atoms with Gasteiger partial charge in [-0.05, 0) is 57.8 Å². The standard InChI is InChI=1S/C77H141NO8/c1-6-8-10-12-14-16-18-20-22-24-26-28-30-32-33-34-35-36-37-38-39-40-41-42-43-44-46-48-50-52-54-56-58-60-62-64-66-68-75(80)86-73(72-85-77(76(81)82)83-70-69-78(3,4)5)71-84-74(79)67-65-63-61-59-57-55-53-51-49-47-45-31-29-27-25-23-21-19-17-15-13-11-9-7-2/h8,10,14,16,20,22,26,28,32-33,73,77H,6-7,9,11-13,15,17-19,21,23-25,27,29-31,34-72H2,1-5H3/b10-8-,16-14-,22-20-,28-26-,33-32-. The van der Waals surface area contributed by atoms with Gasteiger partial charge >= 0.3 is 11.9 Å². The normalized spacial score (nSPS) is 13.0. The molecular formula is C77H141NO8. The molecule has 2 atom stereocenters. The first-order chi connectivity index (χ1) is 42.1. The van der Waals surface area contributed by atoms with Crippen molar-refractivity contribution in [2.45, 2.75) is 367 Å². The van der Waals surface area contributed by atoms with Crippen LogP contribution in [0.1, 0.15) is 354 Å². The molecule has 0 saturated heterocycles. The molecule has 0 rings (SSSR count). The maximum atomic E-state index is 12.9. The van der Waals surface area contributed by atoms with Gasteiger partial charge in [0.15, 0.2) is 12.4 Å². The van der Waals surface area contributed by atoms with E-state index in [0.29, 0.717) is 17.4 Å². The minimum Gasteiger partial charge on any atom is -0.545 e. The number of nitrogens with zero attached hydrogens (tertiary/aromatic N) is 1. The van der Waals surface area contributed by atoms with Gasteiger partial charge in [0.25, 0.3) is 0 Å². The van der Waals surface area contributed by atoms with Crippen molar-refractivity contribution in [1.82, 2.24) is 0 Å². The molecular weight excluding hydrogens is 1070 g/mol. The van der Waals surface area contributed by atoms with Gasteiger partial charge in [0.1, 0.15) is 13.2 Å². The summed E-state index contributed by atoms with van der Waals surface area (Å²) in [5, 5.41) is 11.8. The number of carbonyl (C=O) groups excluding carboxylic acids is 3. The molecule has 0 bridgehead atoms. The predicted molar refractivity (Wildman–Crippen MR) is 366 cm³/mol. The molecule has 0 heterocycles. The Bertz CT molecular complexity index is 1600. The van der Waals surface area contributed by atoms with Crippen molar-refractivity contribution in [2.24, 2.45) is 0 Å². The summed E-state index contributed by atoms with van der Waals surface area (Å²) in [5.74, 6) is -2.25. The summed E-state index contributed by atoms with van der Waals surface area (Å²) in [6, 6.07) is 0. The zero-order chi connectivity index (χ0) is 62.6. The number of hydrogen-bond donors (Lipinski definition) is 0. The predicted octanol–water partition coefficient (Wildman–Crippen LogP) is 21.8. The van der Waals surface area contributed by atoms with Crippen LogP contribution in [0, 0.1) is 0 Å². The van der Waals surface area contributed by atoms with Crippen molar-refractivity contribution < 1.29 is 42.9 Å². The second-order valence-corrected chi connectivity index (χ2v) is 26.2. The van der Waals surface area contributed by atoms with Crippen LogP contribution in [-0.4, -0.2) is 82.3 Å². The quantitative estimate of drug-likeness (QED) is 0.0195. The van der Waals surface area contributed by atoms with Crippen LogP contribution in [0.15, 0.2) is 60.8 Å². The molecule has 0 N–H and O–H groups in total. The van der Waals surface area contributed by atoms with E-state index >= 15 is 0 Å². The van der Waals surface area contributed by atoms with Crippen molar-refractivity contribution >= 4 is 17.9 Å². The van der Waals surface area contributed by atoms with E-state index in [0.717, 1.165) is 70.6 Å². The van der Waals surface area contributed by atoms with Crippen molar-refractivity contribution in [3.63, 3.8) is 0 Å². The zero-order valence-electron chi connectivity index (χ0n) is 57.4. The van der Waals surface area contributed by atoms with E-state index in [2.05, 4.69) is 74.6 Å². The molecule has 0 aliphatic rings. The number of carboxylic acids is 1. The number of unbranched alkanes of at least 4 members (excludes halogenated alkanes) is 44. The third kappa shape index (κ3) is 68.5. The highest BCUT2D eigenvalue weighted by Crippen LogP contribution is 2.19. The Morgan fingerprint density at radius 3 is 0.988 bits per heavy atom. The lowest BCUT2D eigenvalue weighted by molar-refractivity contribution is -0.870. The van der Waals surface area contributed by atoms with E-state index in [4.69, 9.17) is 18.9 Å². The molecule has 0 aliphatic carbocycles. The molecule has 0 spiro atoms. The first kappa shape index (κ1) is 83.0. The third-order valence-electron chi connectivity index (χ3n) is 16.5. The highest BCUT2D eigenvalue weighted by atomic mass is 16.7. The summed E-state index contributed by atoms with van der Waals surface area (Å²) in [6.07, 6.45) is 86.1. The smallest absolute Gasteiger partial charge is 0.306 e. The SMILES string of the molecule is CC/C=C\C/C=C\C/C=C\C/C=C\C/C=C\CCCCCCCCCCCCCCCCCCCCCCCC(=O)OC(COC(=O)CCCCCCCCCCCCCCCCCCCCCCCCCC)COC(OCC[N+](C)(C)C)C(=O)[O-]. The third-order valence-corrected chi connectivity index (χ3v) is 16.5. The molecule has 2 unspecified atom stereocenters. The Balaban J connectivity index is 4.01. The molecule has 0 fully saturated rings. The summed E-state index contributed by atoms with van der Waals surface area (Å²) in [7, 11) is 5.95. The van der Waals surface area contributed by atoms with Crippen LogP contribution in [0.5, 0.6) is 0 Å². The lowest BCUT2D eigenvalue weighted by Gasteiger charge is -2.26. The molecule has 0 aromatic rings. The van der Waals surface area contributed by atoms with Crippen molar-refractivity contribution in [2.75, 3.05) is 47.5 Å². The van der Waals surface area contributed by atoms with Crippen LogP contribution in [0.2, 0.25) is 0 Å². The highest BCUT2D eigenvalue weighted by molar-refractivity contribution is 5.70. The molecule has 0 aromatic carbocycles. The van der Waals surface area contributed by atoms with Gasteiger partial charge in [0.05, 0.1) is 40.3 Å². The fraction of sp³-hybridized carbons (Fsp3) is 0.831. The summed E-state index contributed by atoms with van der Waals surface area (Å²) >= 11 is 0. The Labute approximate surface area is 533 Å². The molecule has 86 heavy (non-hydrogen) atoms. The van der Waals surface area contributed by atoms with Crippen LogP contribution in [0.4, 0.5) is 0 Å². The van der Waals surface area contributed by atoms with Crippen LogP contribution < -0.4 is 5.11 Å². The monoisotopic (exact) mass is 1210 g/mol. The molecule has 0 aromatic heterocycles. The maximum Gasteiger partial charge on any atom is 0.306 e. The maximum absolute atomic E-state index is 12.9. The van der Waals surface area contributed by atoms with Gasteiger partial charge in [0, 0.05) is 12.8 Å². The minimum absolute atomic E-state index is 0.150. The van der Waals surface area contributed by atoms with E-state index < -0.39 is 24.3 Å². The number of hydrogen-bond acceptors (Lipinski definition) is 8. The first-order valence-corrected chi connectivity index (χ1v) is 36.9. The number of ether oxygens (including phenoxy) is 4. The Morgan fingerprint density at radius 2 is 0.663 bits per heavy atom. The number of likely N-dealkylation sites (N-methyl/N-ethyl adjacent to an activating group) is 1. The van der Waals surface area contributed by atoms with Gasteiger partial charge in [-0.1, -0.05) is 344 Å². The van der Waals surface area contributed by atoms with Crippen molar-refractivity contribution in [3.05, 3.63) is 60.8 Å². The van der Waals surface area contributed by atoms with Crippen molar-refractivity contribution in [3.8, 4) is 0 Å². The zero-order valence-corrected chi connectivity index (χ0v) is 57.4. The van der Waals surface area contributed by atoms with E-state index in [1.165, 1.54) is 257 Å². The highest BCUT2D eigenvalue weighted by Gasteiger charge is 2.22. The molecule has 0 aliphatic heterocycles. The van der Waals surface area contributed by atoms with E-state index in [1.807, 2.05) is 21.1 Å². The van der Waals surface area contributed by atoms with Crippen LogP contribution in [0.3, 0.4) is 0 Å². The molecule has 0 radical (unpaired) electrons. The Hall–Kier alpha value is -3.01. The lowest BCUT2D eigenvalue weighted by Crippen LogP contribution is -2.44. The topological polar surface area (TPSA) is 111 Å². The van der Waals surface area contributed by atoms with Gasteiger partial charge in [-0.25, -0.2) is 0 Å². The number of carboxylic acid groups (broad SMARTS) is 1. The molecule has 502 valence electrons. The molecule has 0 amide bonds. The Morgan fingerprint density at radius 1 is 0.360 bits per heavy atom. The second-order valence-electron chi connectivity index (χ2n) is 26.2. The number of carbonyl (C=O) groups is 3. The second kappa shape index (κ2) is 67.9. The van der Waals surface area contributed by atoms with Crippen LogP contribution in [0.25, 0.3) is 0 Å². The lowest BCUT2D eigenvalue weighted by atomic mass is 10.0. The fourth-order valence-electron chi connectivity index (χ4n) is 10.9. The summed E-state index contributed by atoms with van der Waals surface area (Å²) in [6.45, 7) is 4.70. The van der Waals surface area contributed by atoms with Crippen LogP contribution in [-0.2, 0) is 33.3 Å². The van der Waals surface area contributed by atoms with Gasteiger partial charge in [-0.3, -0.25) is 9.59 Å². The molecule has 9 heteroatoms. The largest absolute Gasteiger partial charge is 0.545 e. The van der Waals surface area contributed by atoms with E-state index in [-0.39, 0.29) is 32.2 Å². The van der Waals surface area contributed by atoms with E-state index in [9.17, 15) is 19.5 Å². The number of esters is 2. The number of rotatable bonds is 69. The fourth-order valence-corrected chi connectivity index (χ4v) is 10.9. The van der Waals surface area contributed by atoms with Crippen molar-refractivity contribution in [1.29, 1.82) is 0 Å². The molecule has 0 saturated carbocycles. The molecule has 9 nitrogen and oxygen atoms in total.